The molecule has 2 atom stereocenters. The van der Waals surface area contributed by atoms with Crippen LogP contribution in [0.4, 0.5) is 0 Å². The van der Waals surface area contributed by atoms with Crippen LogP contribution in [-0.2, 0) is 27.1 Å². The van der Waals surface area contributed by atoms with Crippen LogP contribution in [0, 0.1) is 5.92 Å². The van der Waals surface area contributed by atoms with Crippen molar-refractivity contribution in [3.05, 3.63) is 107 Å². The molecular formula is C25H23O4S+. The summed E-state index contributed by atoms with van der Waals surface area (Å²) in [6.07, 6.45) is 1.86. The van der Waals surface area contributed by atoms with Crippen molar-refractivity contribution in [2.24, 2.45) is 5.92 Å². The first-order chi connectivity index (χ1) is 14.6. The Morgan fingerprint density at radius 3 is 1.93 bits per heavy atom. The average Bonchev–Trinajstić information content (AvgIpc) is 2.79. The largest absolute Gasteiger partial charge is 0.481 e. The standard InChI is InChI=1S/C25H22O4S/c26-23(19-11-5-2-6-12-19)20-14-16-21(17-15-20)24(30-29)22(25(27)28)13-7-10-18-8-3-1-4-9-18/h1-6,8-9,11-12,14-17,22,24H,7,10,13H2/p+1. The van der Waals surface area contributed by atoms with Gasteiger partial charge in [-0.15, -0.1) is 0 Å². The second-order valence-corrected chi connectivity index (χ2v) is 7.86. The van der Waals surface area contributed by atoms with Gasteiger partial charge in [0.15, 0.2) is 5.78 Å². The number of carboxylic acids is 1. The fraction of sp³-hybridized carbons (Fsp3) is 0.200. The van der Waals surface area contributed by atoms with E-state index in [1.165, 1.54) is 0 Å². The highest BCUT2D eigenvalue weighted by Gasteiger charge is 2.39. The highest BCUT2D eigenvalue weighted by molar-refractivity contribution is 7.65. The molecule has 0 heterocycles. The van der Waals surface area contributed by atoms with Crippen LogP contribution in [-0.4, -0.2) is 16.9 Å². The molecule has 0 spiro atoms. The Bertz CT molecular complexity index is 985. The number of carbonyl (C=O) groups excluding carboxylic acids is 1. The highest BCUT2D eigenvalue weighted by Crippen LogP contribution is 2.29. The monoisotopic (exact) mass is 419 g/mol. The van der Waals surface area contributed by atoms with Crippen LogP contribution < -0.4 is 0 Å². The summed E-state index contributed by atoms with van der Waals surface area (Å²) < 4.78 is 11.8. The lowest BCUT2D eigenvalue weighted by Gasteiger charge is -2.12. The summed E-state index contributed by atoms with van der Waals surface area (Å²) in [4.78, 5) is 24.4. The molecule has 3 rings (SSSR count). The van der Waals surface area contributed by atoms with E-state index in [1.807, 2.05) is 36.4 Å². The van der Waals surface area contributed by atoms with Crippen LogP contribution in [0.3, 0.4) is 0 Å². The molecule has 3 aromatic carbocycles. The Morgan fingerprint density at radius 1 is 0.800 bits per heavy atom. The van der Waals surface area contributed by atoms with Crippen molar-refractivity contribution in [2.45, 2.75) is 24.5 Å². The number of aryl methyl sites for hydroxylation is 1. The molecule has 0 fully saturated rings. The van der Waals surface area contributed by atoms with Gasteiger partial charge in [0, 0.05) is 20.9 Å². The van der Waals surface area contributed by atoms with Gasteiger partial charge in [-0.1, -0.05) is 84.9 Å². The molecule has 2 unspecified atom stereocenters. The Balaban J connectivity index is 1.71. The van der Waals surface area contributed by atoms with Crippen LogP contribution in [0.25, 0.3) is 0 Å². The summed E-state index contributed by atoms with van der Waals surface area (Å²) in [7, 11) is 0. The minimum atomic E-state index is -0.971. The van der Waals surface area contributed by atoms with Gasteiger partial charge in [0.25, 0.3) is 5.25 Å². The number of aliphatic carboxylic acids is 1. The summed E-state index contributed by atoms with van der Waals surface area (Å²) in [5.41, 5.74) is 2.88. The maximum Gasteiger partial charge on any atom is 0.468 e. The van der Waals surface area contributed by atoms with E-state index < -0.39 is 17.1 Å². The van der Waals surface area contributed by atoms with E-state index in [0.29, 0.717) is 41.2 Å². The Morgan fingerprint density at radius 2 is 1.37 bits per heavy atom. The van der Waals surface area contributed by atoms with Crippen molar-refractivity contribution in [2.75, 3.05) is 0 Å². The van der Waals surface area contributed by atoms with Crippen LogP contribution in [0.5, 0.6) is 0 Å². The highest BCUT2D eigenvalue weighted by atomic mass is 32.1. The van der Waals surface area contributed by atoms with Crippen molar-refractivity contribution >= 4 is 23.4 Å². The van der Waals surface area contributed by atoms with Gasteiger partial charge in [0.1, 0.15) is 5.92 Å². The molecule has 0 aliphatic rings. The third-order valence-corrected chi connectivity index (χ3v) is 5.96. The molecule has 1 N–H and O–H groups in total. The maximum atomic E-state index is 12.6. The summed E-state index contributed by atoms with van der Waals surface area (Å²) in [6, 6.07) is 25.6. The number of carboxylic acid groups (broad SMARTS) is 1. The lowest BCUT2D eigenvalue weighted by Crippen LogP contribution is -2.22. The van der Waals surface area contributed by atoms with Crippen LogP contribution in [0.2, 0.25) is 0 Å². The first-order valence-corrected chi connectivity index (χ1v) is 10.7. The molecule has 0 radical (unpaired) electrons. The zero-order valence-corrected chi connectivity index (χ0v) is 17.3. The van der Waals surface area contributed by atoms with Crippen LogP contribution in [0.1, 0.15) is 45.1 Å². The molecule has 0 amide bonds. The second-order valence-electron chi connectivity index (χ2n) is 7.16. The maximum absolute atomic E-state index is 12.6. The molecule has 0 aliphatic heterocycles. The molecule has 0 saturated carbocycles. The predicted molar refractivity (Wildman–Crippen MR) is 118 cm³/mol. The molecule has 3 aromatic rings. The van der Waals surface area contributed by atoms with Crippen molar-refractivity contribution in [1.82, 2.24) is 0 Å². The number of benzene rings is 3. The van der Waals surface area contributed by atoms with Gasteiger partial charge in [0.05, 0.1) is 0 Å². The summed E-state index contributed by atoms with van der Waals surface area (Å²) >= 11 is 0.301. The Hall–Kier alpha value is -3.18. The zero-order chi connectivity index (χ0) is 21.3. The first kappa shape index (κ1) is 21.5. The van der Waals surface area contributed by atoms with Crippen LogP contribution >= 0.6 is 0 Å². The number of carbonyl (C=O) groups is 2. The van der Waals surface area contributed by atoms with Gasteiger partial charge < -0.3 is 5.11 Å². The van der Waals surface area contributed by atoms with E-state index in [9.17, 15) is 18.9 Å². The van der Waals surface area contributed by atoms with E-state index in [4.69, 9.17) is 0 Å². The Labute approximate surface area is 180 Å². The predicted octanol–water partition coefficient (Wildman–Crippen LogP) is 5.11. The average molecular weight is 420 g/mol. The van der Waals surface area contributed by atoms with Crippen molar-refractivity contribution in [3.63, 3.8) is 0 Å². The summed E-state index contributed by atoms with van der Waals surface area (Å²) in [5.74, 6) is -1.86. The van der Waals surface area contributed by atoms with Gasteiger partial charge in [-0.3, -0.25) is 9.59 Å². The molecular weight excluding hydrogens is 396 g/mol. The smallest absolute Gasteiger partial charge is 0.468 e. The number of hydrogen-bond acceptors (Lipinski definition) is 3. The van der Waals surface area contributed by atoms with Crippen molar-refractivity contribution in [3.8, 4) is 0 Å². The molecule has 152 valence electrons. The minimum absolute atomic E-state index is 0.105. The van der Waals surface area contributed by atoms with Crippen LogP contribution in [0.15, 0.2) is 84.9 Å². The van der Waals surface area contributed by atoms with Crippen molar-refractivity contribution in [1.29, 1.82) is 0 Å². The minimum Gasteiger partial charge on any atom is -0.481 e. The van der Waals surface area contributed by atoms with Gasteiger partial charge in [-0.2, -0.15) is 0 Å². The Kier molecular flexibility index (Phi) is 7.57. The molecule has 0 saturated heterocycles. The van der Waals surface area contributed by atoms with Gasteiger partial charge in [-0.05, 0) is 24.8 Å². The molecule has 0 aliphatic carbocycles. The third kappa shape index (κ3) is 5.45. The van der Waals surface area contributed by atoms with E-state index in [2.05, 4.69) is 0 Å². The van der Waals surface area contributed by atoms with E-state index >= 15 is 0 Å². The fourth-order valence-electron chi connectivity index (χ4n) is 3.51. The molecule has 5 heteroatoms. The van der Waals surface area contributed by atoms with E-state index in [-0.39, 0.29) is 5.78 Å². The normalized spacial score (nSPS) is 12.7. The van der Waals surface area contributed by atoms with Gasteiger partial charge >= 0.3 is 17.6 Å². The SMILES string of the molecule is O=[S+]C(c1ccc(C(=O)c2ccccc2)cc1)C(CCCc1ccccc1)C(=O)O. The van der Waals surface area contributed by atoms with E-state index in [0.717, 1.165) is 12.0 Å². The second kappa shape index (κ2) is 10.6. The van der Waals surface area contributed by atoms with E-state index in [1.54, 1.807) is 48.5 Å². The quantitative estimate of drug-likeness (QED) is 0.366. The number of hydrogen-bond donors (Lipinski definition) is 1. The molecule has 4 nitrogen and oxygen atoms in total. The topological polar surface area (TPSA) is 71.4 Å². The molecule has 0 bridgehead atoms. The summed E-state index contributed by atoms with van der Waals surface area (Å²) in [5, 5.41) is 9.01. The van der Waals surface area contributed by atoms with Crippen molar-refractivity contribution < 1.29 is 18.9 Å². The number of ketones is 1. The lowest BCUT2D eigenvalue weighted by atomic mass is 9.91. The molecule has 30 heavy (non-hydrogen) atoms. The fourth-order valence-corrected chi connectivity index (χ4v) is 4.17. The molecule has 0 aromatic heterocycles. The van der Waals surface area contributed by atoms with Gasteiger partial charge in [0.2, 0.25) is 0 Å². The van der Waals surface area contributed by atoms with Gasteiger partial charge in [-0.25, -0.2) is 0 Å². The lowest BCUT2D eigenvalue weighted by molar-refractivity contribution is -0.142. The third-order valence-electron chi connectivity index (χ3n) is 5.15. The first-order valence-electron chi connectivity index (χ1n) is 9.85. The summed E-state index contributed by atoms with van der Waals surface area (Å²) in [6.45, 7) is 0. The number of rotatable bonds is 10. The zero-order valence-electron chi connectivity index (χ0n) is 16.4.